The third-order valence-electron chi connectivity index (χ3n) is 2.80. The largest absolute Gasteiger partial charge is 0.394 e. The van der Waals surface area contributed by atoms with E-state index in [-0.39, 0.29) is 39.0 Å². The van der Waals surface area contributed by atoms with Gasteiger partial charge < -0.3 is 10.1 Å². The number of imide groups is 1. The SMILES string of the molecule is CC.O=C1CCC(NC(=O)C2=C(Cl)CCC=[C-]2)C(=O)N1.[W]. The number of amides is 3. The third kappa shape index (κ3) is 5.76. The minimum atomic E-state index is -0.684. The van der Waals surface area contributed by atoms with Gasteiger partial charge in [0.05, 0.1) is 6.04 Å². The van der Waals surface area contributed by atoms with Gasteiger partial charge in [-0.3, -0.25) is 14.9 Å². The van der Waals surface area contributed by atoms with Gasteiger partial charge in [-0.2, -0.15) is 17.7 Å². The summed E-state index contributed by atoms with van der Waals surface area (Å²) in [5.74, 6) is -1.21. The Morgan fingerprint density at radius 3 is 2.62 bits per heavy atom. The van der Waals surface area contributed by atoms with Crippen LogP contribution in [0.3, 0.4) is 0 Å². The number of carbonyl (C=O) groups excluding carboxylic acids is 3. The average molecular weight is 482 g/mol. The molecule has 0 bridgehead atoms. The molecule has 0 aromatic heterocycles. The molecule has 2 aliphatic rings. The molecular formula is C14H18ClN2O3W-. The molecule has 116 valence electrons. The molecule has 2 rings (SSSR count). The smallest absolute Gasteiger partial charge is 0.248 e. The Morgan fingerprint density at radius 2 is 2.05 bits per heavy atom. The van der Waals surface area contributed by atoms with Crippen molar-refractivity contribution in [3.05, 3.63) is 22.8 Å². The first kappa shape index (κ1) is 20.1. The maximum Gasteiger partial charge on any atom is 0.248 e. The van der Waals surface area contributed by atoms with E-state index in [1.807, 2.05) is 13.8 Å². The van der Waals surface area contributed by atoms with Gasteiger partial charge in [0.25, 0.3) is 0 Å². The van der Waals surface area contributed by atoms with Crippen molar-refractivity contribution in [1.82, 2.24) is 10.6 Å². The Morgan fingerprint density at radius 1 is 1.38 bits per heavy atom. The zero-order valence-corrected chi connectivity index (χ0v) is 15.7. The number of carbonyl (C=O) groups is 3. The van der Waals surface area contributed by atoms with E-state index in [4.69, 9.17) is 11.6 Å². The molecule has 5 nitrogen and oxygen atoms in total. The molecule has 1 fully saturated rings. The Hall–Kier alpha value is -0.932. The van der Waals surface area contributed by atoms with Crippen molar-refractivity contribution in [2.24, 2.45) is 0 Å². The summed E-state index contributed by atoms with van der Waals surface area (Å²) in [4.78, 5) is 34.3. The maximum absolute atomic E-state index is 11.9. The molecule has 1 heterocycles. The topological polar surface area (TPSA) is 75.3 Å². The molecule has 0 aromatic carbocycles. The predicted octanol–water partition coefficient (Wildman–Crippen LogP) is 1.58. The van der Waals surface area contributed by atoms with E-state index in [0.717, 1.165) is 6.42 Å². The van der Waals surface area contributed by atoms with Crippen LogP contribution in [0.1, 0.15) is 39.5 Å². The fourth-order valence-corrected chi connectivity index (χ4v) is 2.08. The van der Waals surface area contributed by atoms with Crippen LogP contribution >= 0.6 is 11.6 Å². The van der Waals surface area contributed by atoms with Crippen molar-refractivity contribution in [3.63, 3.8) is 0 Å². The van der Waals surface area contributed by atoms with E-state index >= 15 is 0 Å². The summed E-state index contributed by atoms with van der Waals surface area (Å²) in [6, 6.07) is -0.684. The molecular weight excluding hydrogens is 463 g/mol. The van der Waals surface area contributed by atoms with Crippen molar-refractivity contribution >= 4 is 29.3 Å². The molecule has 7 heteroatoms. The monoisotopic (exact) mass is 481 g/mol. The summed E-state index contributed by atoms with van der Waals surface area (Å²) in [5, 5.41) is 5.19. The minimum Gasteiger partial charge on any atom is -0.394 e. The van der Waals surface area contributed by atoms with Gasteiger partial charge >= 0.3 is 0 Å². The van der Waals surface area contributed by atoms with Gasteiger partial charge in [-0.25, -0.2) is 0 Å². The van der Waals surface area contributed by atoms with Crippen molar-refractivity contribution in [2.75, 3.05) is 0 Å². The third-order valence-corrected chi connectivity index (χ3v) is 3.18. The fourth-order valence-electron chi connectivity index (χ4n) is 1.83. The molecule has 1 unspecified atom stereocenters. The summed E-state index contributed by atoms with van der Waals surface area (Å²) >= 11 is 5.94. The first-order chi connectivity index (χ1) is 9.58. The van der Waals surface area contributed by atoms with E-state index in [2.05, 4.69) is 16.7 Å². The van der Waals surface area contributed by atoms with E-state index in [1.54, 1.807) is 6.08 Å². The second-order valence-corrected chi connectivity index (χ2v) is 4.60. The Labute approximate surface area is 143 Å². The van der Waals surface area contributed by atoms with Crippen LogP contribution in [0.25, 0.3) is 0 Å². The van der Waals surface area contributed by atoms with Crippen LogP contribution in [-0.2, 0) is 35.4 Å². The molecule has 3 amide bonds. The fraction of sp³-hybridized carbons (Fsp3) is 0.500. The number of nitrogens with one attached hydrogen (secondary N) is 2. The van der Waals surface area contributed by atoms with Crippen LogP contribution in [0.4, 0.5) is 0 Å². The van der Waals surface area contributed by atoms with Gasteiger partial charge in [-0.15, -0.1) is 11.6 Å². The number of hydrogen-bond donors (Lipinski definition) is 2. The molecule has 0 radical (unpaired) electrons. The minimum absolute atomic E-state index is 0. The second kappa shape index (κ2) is 9.91. The average Bonchev–Trinajstić information content (AvgIpc) is 2.44. The van der Waals surface area contributed by atoms with Crippen LogP contribution < -0.4 is 10.6 Å². The molecule has 1 aliphatic carbocycles. The molecule has 21 heavy (non-hydrogen) atoms. The van der Waals surface area contributed by atoms with Crippen molar-refractivity contribution in [1.29, 1.82) is 0 Å². The number of piperidine rings is 1. The molecule has 1 aliphatic heterocycles. The molecule has 1 saturated heterocycles. The zero-order valence-electron chi connectivity index (χ0n) is 12.0. The van der Waals surface area contributed by atoms with Crippen LogP contribution in [0.5, 0.6) is 0 Å². The van der Waals surface area contributed by atoms with Gasteiger partial charge in [0, 0.05) is 27.5 Å². The summed E-state index contributed by atoms with van der Waals surface area (Å²) in [7, 11) is 0. The second-order valence-electron chi connectivity index (χ2n) is 4.14. The molecule has 0 spiro atoms. The van der Waals surface area contributed by atoms with E-state index in [1.165, 1.54) is 0 Å². The standard InChI is InChI=1S/C12H12ClN2O3.C2H6.W/c13-8-4-2-1-3-7(8)11(17)14-9-5-6-10(16)15-12(9)18;1-2;/h1,9H,2,4-6H2,(H,14,17)(H,15,16,18);1-2H3;/q-1;;. The van der Waals surface area contributed by atoms with Gasteiger partial charge in [-0.05, 0) is 6.42 Å². The first-order valence-corrected chi connectivity index (χ1v) is 7.07. The maximum atomic E-state index is 11.9. The molecule has 2 N–H and O–H groups in total. The van der Waals surface area contributed by atoms with Crippen LogP contribution in [0, 0.1) is 6.08 Å². The predicted molar refractivity (Wildman–Crippen MR) is 75.6 cm³/mol. The molecule has 0 saturated carbocycles. The Bertz CT molecular complexity index is 475. The number of hydrogen-bond acceptors (Lipinski definition) is 3. The Balaban J connectivity index is 0.00000128. The summed E-state index contributed by atoms with van der Waals surface area (Å²) in [5.41, 5.74) is 0.271. The first-order valence-electron chi connectivity index (χ1n) is 6.69. The van der Waals surface area contributed by atoms with Gasteiger partial charge in [0.2, 0.25) is 11.8 Å². The van der Waals surface area contributed by atoms with Crippen molar-refractivity contribution < 1.29 is 35.4 Å². The number of allylic oxidation sites excluding steroid dienone is 2. The van der Waals surface area contributed by atoms with Gasteiger partial charge in [0.15, 0.2) is 0 Å². The van der Waals surface area contributed by atoms with Crippen LogP contribution in [0.15, 0.2) is 16.7 Å². The van der Waals surface area contributed by atoms with Gasteiger partial charge in [0.1, 0.15) is 5.91 Å². The zero-order chi connectivity index (χ0) is 15.1. The Kier molecular flexibility index (Phi) is 9.47. The molecule has 0 aromatic rings. The van der Waals surface area contributed by atoms with Crippen molar-refractivity contribution in [3.8, 4) is 0 Å². The quantitative estimate of drug-likeness (QED) is 0.465. The molecule has 1 atom stereocenters. The summed E-state index contributed by atoms with van der Waals surface area (Å²) in [6.45, 7) is 4.00. The number of halogens is 1. The van der Waals surface area contributed by atoms with E-state index < -0.39 is 17.9 Å². The number of rotatable bonds is 2. The normalized spacial score (nSPS) is 20.8. The van der Waals surface area contributed by atoms with Crippen LogP contribution in [0.2, 0.25) is 0 Å². The van der Waals surface area contributed by atoms with Gasteiger partial charge in [-0.1, -0.05) is 31.7 Å². The summed E-state index contributed by atoms with van der Waals surface area (Å²) < 4.78 is 0. The van der Waals surface area contributed by atoms with E-state index in [0.29, 0.717) is 17.9 Å². The summed E-state index contributed by atoms with van der Waals surface area (Å²) in [6.07, 6.45) is 6.43. The van der Waals surface area contributed by atoms with Crippen LogP contribution in [-0.4, -0.2) is 23.8 Å². The van der Waals surface area contributed by atoms with E-state index in [9.17, 15) is 14.4 Å². The van der Waals surface area contributed by atoms with Crippen molar-refractivity contribution in [2.45, 2.75) is 45.6 Å².